The van der Waals surface area contributed by atoms with E-state index in [2.05, 4.69) is 10.3 Å². The molecule has 0 heterocycles. The highest BCUT2D eigenvalue weighted by Crippen LogP contribution is 2.21. The predicted molar refractivity (Wildman–Crippen MR) is 91.8 cm³/mol. The molecular weight excluding hydrogens is 310 g/mol. The highest BCUT2D eigenvalue weighted by molar-refractivity contribution is 5.95. The van der Waals surface area contributed by atoms with Crippen LogP contribution in [0.5, 0.6) is 5.75 Å². The van der Waals surface area contributed by atoms with Gasteiger partial charge in [-0.05, 0) is 37.1 Å². The van der Waals surface area contributed by atoms with Gasteiger partial charge in [-0.25, -0.2) is 0 Å². The van der Waals surface area contributed by atoms with Crippen molar-refractivity contribution in [3.05, 3.63) is 63.2 Å². The summed E-state index contributed by atoms with van der Waals surface area (Å²) < 4.78 is 0. The van der Waals surface area contributed by atoms with Crippen LogP contribution in [0.2, 0.25) is 0 Å². The molecule has 124 valence electrons. The summed E-state index contributed by atoms with van der Waals surface area (Å²) in [5.74, 6) is -0.454. The molecule has 0 bridgehead atoms. The fraction of sp³-hybridized carbons (Fsp3) is 0.176. The van der Waals surface area contributed by atoms with Gasteiger partial charge in [0.05, 0.1) is 4.92 Å². The van der Waals surface area contributed by atoms with Crippen LogP contribution >= 0.6 is 0 Å². The number of non-ortho nitro benzene ring substituents is 1. The Morgan fingerprint density at radius 1 is 1.33 bits per heavy atom. The lowest BCUT2D eigenvalue weighted by molar-refractivity contribution is -0.384. The standard InChI is InChI=1S/C17H17N3O4/c1-11-4-3-5-15(12(11)2)19-17(22)10-18-9-13-8-14(20(23)24)6-7-16(13)21/h3-9,21H,10H2,1-2H3,(H,19,22). The predicted octanol–water partition coefficient (Wildman–Crippen LogP) is 2.97. The Balaban J connectivity index is 2.04. The number of nitro groups is 1. The van der Waals surface area contributed by atoms with E-state index < -0.39 is 4.92 Å². The number of phenols is 1. The van der Waals surface area contributed by atoms with E-state index in [1.807, 2.05) is 26.0 Å². The number of nitrogens with one attached hydrogen (secondary N) is 1. The number of aromatic hydroxyl groups is 1. The van der Waals surface area contributed by atoms with Gasteiger partial charge in [0.25, 0.3) is 5.69 Å². The van der Waals surface area contributed by atoms with Crippen LogP contribution in [-0.2, 0) is 4.79 Å². The molecule has 0 saturated heterocycles. The number of aliphatic imine (C=N–C) groups is 1. The van der Waals surface area contributed by atoms with E-state index in [1.165, 1.54) is 24.4 Å². The quantitative estimate of drug-likeness (QED) is 0.500. The summed E-state index contributed by atoms with van der Waals surface area (Å²) >= 11 is 0. The van der Waals surface area contributed by atoms with Gasteiger partial charge in [0.15, 0.2) is 0 Å². The normalized spacial score (nSPS) is 10.8. The number of amides is 1. The number of aryl methyl sites for hydroxylation is 1. The third kappa shape index (κ3) is 4.16. The minimum Gasteiger partial charge on any atom is -0.507 e. The van der Waals surface area contributed by atoms with Crippen molar-refractivity contribution in [1.82, 2.24) is 0 Å². The number of nitro benzene ring substituents is 1. The minimum absolute atomic E-state index is 0.140. The summed E-state index contributed by atoms with van der Waals surface area (Å²) in [5.41, 5.74) is 2.79. The van der Waals surface area contributed by atoms with E-state index >= 15 is 0 Å². The second-order valence-electron chi connectivity index (χ2n) is 5.27. The van der Waals surface area contributed by atoms with Crippen LogP contribution in [0.25, 0.3) is 0 Å². The molecule has 1 amide bonds. The third-order valence-electron chi connectivity index (χ3n) is 3.57. The van der Waals surface area contributed by atoms with Crippen molar-refractivity contribution >= 4 is 23.5 Å². The van der Waals surface area contributed by atoms with Crippen LogP contribution in [0.4, 0.5) is 11.4 Å². The number of anilines is 1. The van der Waals surface area contributed by atoms with E-state index in [0.29, 0.717) is 5.69 Å². The van der Waals surface area contributed by atoms with Crippen molar-refractivity contribution < 1.29 is 14.8 Å². The molecule has 2 aromatic rings. The molecule has 7 heteroatoms. The number of rotatable bonds is 5. The molecule has 0 aliphatic carbocycles. The molecule has 0 atom stereocenters. The lowest BCUT2D eigenvalue weighted by Gasteiger charge is -2.09. The maximum absolute atomic E-state index is 11.9. The third-order valence-corrected chi connectivity index (χ3v) is 3.57. The number of phenolic OH excluding ortho intramolecular Hbond substituents is 1. The molecule has 2 N–H and O–H groups in total. The SMILES string of the molecule is Cc1cccc(NC(=O)CN=Cc2cc([N+](=O)[O-])ccc2O)c1C. The summed E-state index contributed by atoms with van der Waals surface area (Å²) in [7, 11) is 0. The second-order valence-corrected chi connectivity index (χ2v) is 5.27. The van der Waals surface area contributed by atoms with Crippen LogP contribution in [0.3, 0.4) is 0 Å². The fourth-order valence-electron chi connectivity index (χ4n) is 2.06. The second kappa shape index (κ2) is 7.36. The molecule has 2 rings (SSSR count). The monoisotopic (exact) mass is 327 g/mol. The van der Waals surface area contributed by atoms with Crippen molar-refractivity contribution in [1.29, 1.82) is 0 Å². The lowest BCUT2D eigenvalue weighted by Crippen LogP contribution is -2.15. The smallest absolute Gasteiger partial charge is 0.270 e. The van der Waals surface area contributed by atoms with Gasteiger partial charge in [0.2, 0.25) is 5.91 Å². The Hall–Kier alpha value is -3.22. The van der Waals surface area contributed by atoms with Crippen molar-refractivity contribution in [2.75, 3.05) is 11.9 Å². The van der Waals surface area contributed by atoms with Gasteiger partial charge in [0, 0.05) is 29.6 Å². The Morgan fingerprint density at radius 2 is 2.08 bits per heavy atom. The summed E-state index contributed by atoms with van der Waals surface area (Å²) in [6, 6.07) is 9.21. The maximum atomic E-state index is 11.9. The number of hydrogen-bond donors (Lipinski definition) is 2. The van der Waals surface area contributed by atoms with Gasteiger partial charge < -0.3 is 10.4 Å². The molecule has 24 heavy (non-hydrogen) atoms. The van der Waals surface area contributed by atoms with Gasteiger partial charge in [0.1, 0.15) is 12.3 Å². The van der Waals surface area contributed by atoms with Crippen molar-refractivity contribution in [2.45, 2.75) is 13.8 Å². The van der Waals surface area contributed by atoms with Gasteiger partial charge in [-0.3, -0.25) is 19.9 Å². The molecule has 0 spiro atoms. The first-order valence-corrected chi connectivity index (χ1v) is 7.22. The van der Waals surface area contributed by atoms with Crippen molar-refractivity contribution in [2.24, 2.45) is 4.99 Å². The molecule has 0 unspecified atom stereocenters. The van der Waals surface area contributed by atoms with E-state index in [4.69, 9.17) is 0 Å². The molecule has 0 radical (unpaired) electrons. The molecule has 0 aliphatic rings. The topological polar surface area (TPSA) is 105 Å². The first-order valence-electron chi connectivity index (χ1n) is 7.22. The molecular formula is C17H17N3O4. The minimum atomic E-state index is -0.565. The molecule has 0 saturated carbocycles. The maximum Gasteiger partial charge on any atom is 0.270 e. The van der Waals surface area contributed by atoms with Crippen LogP contribution in [0.15, 0.2) is 41.4 Å². The molecule has 0 aromatic heterocycles. The Bertz CT molecular complexity index is 815. The van der Waals surface area contributed by atoms with Crippen LogP contribution in [0.1, 0.15) is 16.7 Å². The number of carbonyl (C=O) groups excluding carboxylic acids is 1. The van der Waals surface area contributed by atoms with E-state index in [1.54, 1.807) is 6.07 Å². The summed E-state index contributed by atoms with van der Waals surface area (Å²) in [4.78, 5) is 26.0. The Kier molecular flexibility index (Phi) is 5.26. The molecule has 0 fully saturated rings. The number of benzene rings is 2. The van der Waals surface area contributed by atoms with E-state index in [-0.39, 0.29) is 29.5 Å². The first kappa shape index (κ1) is 17.1. The lowest BCUT2D eigenvalue weighted by atomic mass is 10.1. The summed E-state index contributed by atoms with van der Waals surface area (Å²) in [6.07, 6.45) is 1.24. The van der Waals surface area contributed by atoms with Gasteiger partial charge in [-0.1, -0.05) is 12.1 Å². The zero-order chi connectivity index (χ0) is 17.7. The molecule has 7 nitrogen and oxygen atoms in total. The van der Waals surface area contributed by atoms with Crippen LogP contribution in [-0.4, -0.2) is 28.7 Å². The molecule has 0 aliphatic heterocycles. The van der Waals surface area contributed by atoms with E-state index in [0.717, 1.165) is 11.1 Å². The average Bonchev–Trinajstić information content (AvgIpc) is 2.53. The summed E-state index contributed by atoms with van der Waals surface area (Å²) in [5, 5.41) is 23.2. The number of carbonyl (C=O) groups is 1. The van der Waals surface area contributed by atoms with Gasteiger partial charge >= 0.3 is 0 Å². The average molecular weight is 327 g/mol. The van der Waals surface area contributed by atoms with E-state index in [9.17, 15) is 20.0 Å². The summed E-state index contributed by atoms with van der Waals surface area (Å²) in [6.45, 7) is 3.71. The zero-order valence-electron chi connectivity index (χ0n) is 13.3. The van der Waals surface area contributed by atoms with Crippen molar-refractivity contribution in [3.8, 4) is 5.75 Å². The number of nitrogens with zero attached hydrogens (tertiary/aromatic N) is 2. The fourth-order valence-corrected chi connectivity index (χ4v) is 2.06. The van der Waals surface area contributed by atoms with Crippen LogP contribution < -0.4 is 5.32 Å². The Morgan fingerprint density at radius 3 is 2.79 bits per heavy atom. The van der Waals surface area contributed by atoms with Crippen molar-refractivity contribution in [3.63, 3.8) is 0 Å². The van der Waals surface area contributed by atoms with Crippen LogP contribution in [0, 0.1) is 24.0 Å². The zero-order valence-corrected chi connectivity index (χ0v) is 13.3. The highest BCUT2D eigenvalue weighted by Gasteiger charge is 2.09. The molecule has 2 aromatic carbocycles. The Labute approximate surface area is 138 Å². The first-order chi connectivity index (χ1) is 11.4. The largest absolute Gasteiger partial charge is 0.507 e. The highest BCUT2D eigenvalue weighted by atomic mass is 16.6. The number of hydrogen-bond acceptors (Lipinski definition) is 5. The van der Waals surface area contributed by atoms with Gasteiger partial charge in [-0.15, -0.1) is 0 Å². The van der Waals surface area contributed by atoms with Gasteiger partial charge in [-0.2, -0.15) is 0 Å².